The quantitative estimate of drug-likeness (QED) is 0.707. The minimum atomic E-state index is -2.90. The predicted molar refractivity (Wildman–Crippen MR) is 68.3 cm³/mol. The zero-order chi connectivity index (χ0) is 13.2. The van der Waals surface area contributed by atoms with E-state index < -0.39 is 9.84 Å². The lowest BCUT2D eigenvalue weighted by atomic mass is 10.1. The van der Waals surface area contributed by atoms with E-state index in [1.807, 2.05) is 0 Å². The van der Waals surface area contributed by atoms with E-state index in [9.17, 15) is 18.6 Å². The minimum absolute atomic E-state index is 0.0281. The molecule has 0 bridgehead atoms. The summed E-state index contributed by atoms with van der Waals surface area (Å²) in [5.41, 5.74) is 0.813. The van der Waals surface area contributed by atoms with Gasteiger partial charge in [0.1, 0.15) is 0 Å². The number of phenols is 2. The van der Waals surface area contributed by atoms with Crippen molar-refractivity contribution in [2.75, 3.05) is 11.5 Å². The maximum atomic E-state index is 11.5. The van der Waals surface area contributed by atoms with E-state index in [2.05, 4.69) is 5.32 Å². The summed E-state index contributed by atoms with van der Waals surface area (Å²) in [7, 11) is -2.90. The highest BCUT2D eigenvalue weighted by molar-refractivity contribution is 7.91. The van der Waals surface area contributed by atoms with Crippen molar-refractivity contribution in [1.29, 1.82) is 0 Å². The van der Waals surface area contributed by atoms with Crippen LogP contribution in [0.2, 0.25) is 0 Å². The summed E-state index contributed by atoms with van der Waals surface area (Å²) in [6.45, 7) is 0.480. The SMILES string of the molecule is O=S1(=O)CCCC(NCc2ccc(O)c(O)c2)C1. The predicted octanol–water partition coefficient (Wildman–Crippen LogP) is 0.765. The lowest BCUT2D eigenvalue weighted by Crippen LogP contribution is -2.39. The highest BCUT2D eigenvalue weighted by Gasteiger charge is 2.24. The van der Waals surface area contributed by atoms with Crippen LogP contribution < -0.4 is 5.32 Å². The van der Waals surface area contributed by atoms with Crippen LogP contribution in [-0.4, -0.2) is 36.2 Å². The van der Waals surface area contributed by atoms with Crippen molar-refractivity contribution >= 4 is 9.84 Å². The average Bonchev–Trinajstić information content (AvgIpc) is 2.29. The van der Waals surface area contributed by atoms with E-state index in [0.717, 1.165) is 12.0 Å². The van der Waals surface area contributed by atoms with E-state index >= 15 is 0 Å². The summed E-state index contributed by atoms with van der Waals surface area (Å²) >= 11 is 0. The number of nitrogens with one attached hydrogen (secondary N) is 1. The van der Waals surface area contributed by atoms with Crippen LogP contribution in [-0.2, 0) is 16.4 Å². The number of benzene rings is 1. The van der Waals surface area contributed by atoms with E-state index in [1.165, 1.54) is 12.1 Å². The third kappa shape index (κ3) is 3.36. The lowest BCUT2D eigenvalue weighted by Gasteiger charge is -2.23. The monoisotopic (exact) mass is 271 g/mol. The second-order valence-corrected chi connectivity index (χ2v) is 6.89. The molecule has 0 aliphatic carbocycles. The zero-order valence-electron chi connectivity index (χ0n) is 9.96. The molecule has 0 saturated carbocycles. The molecule has 1 aromatic carbocycles. The first-order valence-corrected chi connectivity index (χ1v) is 7.73. The topological polar surface area (TPSA) is 86.6 Å². The van der Waals surface area contributed by atoms with Crippen molar-refractivity contribution in [3.63, 3.8) is 0 Å². The highest BCUT2D eigenvalue weighted by Crippen LogP contribution is 2.24. The second-order valence-electron chi connectivity index (χ2n) is 4.66. The first-order valence-electron chi connectivity index (χ1n) is 5.91. The molecule has 1 aromatic rings. The zero-order valence-corrected chi connectivity index (χ0v) is 10.8. The van der Waals surface area contributed by atoms with Gasteiger partial charge in [-0.2, -0.15) is 0 Å². The van der Waals surface area contributed by atoms with Gasteiger partial charge in [-0.15, -0.1) is 0 Å². The minimum Gasteiger partial charge on any atom is -0.504 e. The second kappa shape index (κ2) is 5.16. The molecule has 1 unspecified atom stereocenters. The molecule has 0 amide bonds. The van der Waals surface area contributed by atoms with Gasteiger partial charge >= 0.3 is 0 Å². The molecule has 0 spiro atoms. The molecule has 1 atom stereocenters. The average molecular weight is 271 g/mol. The molecule has 6 heteroatoms. The van der Waals surface area contributed by atoms with E-state index in [-0.39, 0.29) is 29.0 Å². The van der Waals surface area contributed by atoms with Gasteiger partial charge in [0, 0.05) is 12.6 Å². The van der Waals surface area contributed by atoms with Crippen molar-refractivity contribution in [3.05, 3.63) is 23.8 Å². The Kier molecular flexibility index (Phi) is 3.77. The first-order chi connectivity index (χ1) is 8.46. The Bertz CT molecular complexity index is 527. The summed E-state index contributed by atoms with van der Waals surface area (Å²) in [6.07, 6.45) is 1.55. The Labute approximate surface area is 106 Å². The molecule has 100 valence electrons. The van der Waals surface area contributed by atoms with Gasteiger partial charge in [0.2, 0.25) is 0 Å². The van der Waals surface area contributed by atoms with Crippen molar-refractivity contribution in [2.45, 2.75) is 25.4 Å². The van der Waals surface area contributed by atoms with Crippen LogP contribution in [0.5, 0.6) is 11.5 Å². The molecule has 0 aromatic heterocycles. The number of hydrogen-bond donors (Lipinski definition) is 3. The largest absolute Gasteiger partial charge is 0.504 e. The van der Waals surface area contributed by atoms with E-state index in [4.69, 9.17) is 0 Å². The van der Waals surface area contributed by atoms with Crippen LogP contribution in [0.4, 0.5) is 0 Å². The van der Waals surface area contributed by atoms with E-state index in [0.29, 0.717) is 13.0 Å². The number of phenolic OH excluding ortho intramolecular Hbond substituents is 2. The smallest absolute Gasteiger partial charge is 0.157 e. The van der Waals surface area contributed by atoms with Crippen molar-refractivity contribution < 1.29 is 18.6 Å². The van der Waals surface area contributed by atoms with Gasteiger partial charge in [0.15, 0.2) is 21.3 Å². The molecule has 0 radical (unpaired) electrons. The molecule has 1 aliphatic heterocycles. The lowest BCUT2D eigenvalue weighted by molar-refractivity contribution is 0.402. The normalized spacial score (nSPS) is 22.8. The fraction of sp³-hybridized carbons (Fsp3) is 0.500. The fourth-order valence-corrected chi connectivity index (χ4v) is 3.80. The van der Waals surface area contributed by atoms with E-state index in [1.54, 1.807) is 6.07 Å². The van der Waals surface area contributed by atoms with Crippen molar-refractivity contribution in [1.82, 2.24) is 5.32 Å². The number of hydrogen-bond acceptors (Lipinski definition) is 5. The molecular weight excluding hydrogens is 254 g/mol. The van der Waals surface area contributed by atoms with Gasteiger partial charge < -0.3 is 15.5 Å². The summed E-state index contributed by atoms with van der Waals surface area (Å²) in [5.74, 6) is 0.145. The molecule has 18 heavy (non-hydrogen) atoms. The molecule has 5 nitrogen and oxygen atoms in total. The molecule has 2 rings (SSSR count). The van der Waals surface area contributed by atoms with Gasteiger partial charge in [0.25, 0.3) is 0 Å². The van der Waals surface area contributed by atoms with Gasteiger partial charge in [-0.1, -0.05) is 6.07 Å². The van der Waals surface area contributed by atoms with Crippen LogP contribution in [0.3, 0.4) is 0 Å². The Hall–Kier alpha value is -1.27. The van der Waals surface area contributed by atoms with Gasteiger partial charge in [0.05, 0.1) is 11.5 Å². The Morgan fingerprint density at radius 1 is 1.28 bits per heavy atom. The fourth-order valence-electron chi connectivity index (χ4n) is 2.12. The maximum absolute atomic E-state index is 11.5. The number of aromatic hydroxyl groups is 2. The van der Waals surface area contributed by atoms with Crippen LogP contribution in [0, 0.1) is 0 Å². The number of sulfone groups is 1. The summed E-state index contributed by atoms with van der Waals surface area (Å²) in [4.78, 5) is 0. The van der Waals surface area contributed by atoms with Crippen LogP contribution >= 0.6 is 0 Å². The first kappa shape index (κ1) is 13.2. The van der Waals surface area contributed by atoms with Crippen molar-refractivity contribution in [3.8, 4) is 11.5 Å². The molecule has 3 N–H and O–H groups in total. The molecule has 1 aliphatic rings. The molecular formula is C12H17NO4S. The van der Waals surface area contributed by atoms with Gasteiger partial charge in [-0.05, 0) is 30.5 Å². The summed E-state index contributed by atoms with van der Waals surface area (Å²) in [6, 6.07) is 4.56. The maximum Gasteiger partial charge on any atom is 0.157 e. The standard InChI is InChI=1S/C12H17NO4S/c14-11-4-3-9(6-12(11)15)7-13-10-2-1-5-18(16,17)8-10/h3-4,6,10,13-15H,1-2,5,7-8H2. The Balaban J connectivity index is 1.93. The van der Waals surface area contributed by atoms with Crippen LogP contribution in [0.15, 0.2) is 18.2 Å². The van der Waals surface area contributed by atoms with Crippen LogP contribution in [0.25, 0.3) is 0 Å². The number of rotatable bonds is 3. The summed E-state index contributed by atoms with van der Waals surface area (Å²) < 4.78 is 22.9. The van der Waals surface area contributed by atoms with Gasteiger partial charge in [-0.25, -0.2) is 8.42 Å². The third-order valence-electron chi connectivity index (χ3n) is 3.10. The summed E-state index contributed by atoms with van der Waals surface area (Å²) in [5, 5.41) is 21.7. The highest BCUT2D eigenvalue weighted by atomic mass is 32.2. The molecule has 1 heterocycles. The van der Waals surface area contributed by atoms with Gasteiger partial charge in [-0.3, -0.25) is 0 Å². The Morgan fingerprint density at radius 2 is 2.06 bits per heavy atom. The van der Waals surface area contributed by atoms with Crippen molar-refractivity contribution in [2.24, 2.45) is 0 Å². The molecule has 1 fully saturated rings. The third-order valence-corrected chi connectivity index (χ3v) is 4.92. The van der Waals surface area contributed by atoms with Crippen LogP contribution in [0.1, 0.15) is 18.4 Å². The Morgan fingerprint density at radius 3 is 2.72 bits per heavy atom. The molecule has 1 saturated heterocycles.